The normalized spacial score (nSPS) is 13.9. The lowest BCUT2D eigenvalue weighted by molar-refractivity contribution is 0.101. The Morgan fingerprint density at radius 3 is 2.62 bits per heavy atom. The number of allylic oxidation sites excluding steroid dienone is 5. The van der Waals surface area contributed by atoms with Crippen LogP contribution in [-0.4, -0.2) is 31.6 Å². The van der Waals surface area contributed by atoms with Crippen LogP contribution in [0.5, 0.6) is 0 Å². The second kappa shape index (κ2) is 10.5. The molecule has 0 aromatic carbocycles. The molecule has 34 heavy (non-hydrogen) atoms. The second-order valence-electron chi connectivity index (χ2n) is 7.03. The van der Waals surface area contributed by atoms with Gasteiger partial charge in [-0.1, -0.05) is 30.8 Å². The summed E-state index contributed by atoms with van der Waals surface area (Å²) in [4.78, 5) is 9.60. The van der Waals surface area contributed by atoms with Gasteiger partial charge in [0.05, 0.1) is 39.7 Å². The third kappa shape index (κ3) is 5.64. The molecule has 0 fully saturated rings. The van der Waals surface area contributed by atoms with Gasteiger partial charge in [-0.15, -0.1) is 11.3 Å². The summed E-state index contributed by atoms with van der Waals surface area (Å²) in [6.07, 6.45) is 10.3. The molecule has 176 valence electrons. The Balaban J connectivity index is 1.92. The summed E-state index contributed by atoms with van der Waals surface area (Å²) in [6.45, 7) is 10.2. The monoisotopic (exact) mass is 501 g/mol. The first-order valence-corrected chi connectivity index (χ1v) is 11.2. The molecule has 0 amide bonds. The van der Waals surface area contributed by atoms with Crippen LogP contribution < -0.4 is 11.1 Å². The van der Waals surface area contributed by atoms with Gasteiger partial charge in [0.1, 0.15) is 5.71 Å². The maximum Gasteiger partial charge on any atom is 0.287 e. The van der Waals surface area contributed by atoms with Crippen LogP contribution in [0.25, 0.3) is 15.8 Å². The summed E-state index contributed by atoms with van der Waals surface area (Å²) in [6, 6.07) is 1.80. The zero-order valence-corrected chi connectivity index (χ0v) is 20.0. The number of hydrogen-bond acceptors (Lipinski definition) is 7. The van der Waals surface area contributed by atoms with Crippen LogP contribution in [0, 0.1) is 0 Å². The fourth-order valence-electron chi connectivity index (χ4n) is 2.91. The van der Waals surface area contributed by atoms with Crippen molar-refractivity contribution in [1.82, 2.24) is 25.3 Å². The van der Waals surface area contributed by atoms with E-state index < -0.39 is 11.6 Å². The van der Waals surface area contributed by atoms with Crippen molar-refractivity contribution < 1.29 is 8.78 Å². The van der Waals surface area contributed by atoms with Gasteiger partial charge in [-0.05, 0) is 24.4 Å². The molecule has 3 N–H and O–H groups in total. The van der Waals surface area contributed by atoms with E-state index in [1.165, 1.54) is 34.7 Å². The van der Waals surface area contributed by atoms with E-state index in [1.807, 2.05) is 5.38 Å². The lowest BCUT2D eigenvalue weighted by Gasteiger charge is -2.20. The predicted molar refractivity (Wildman–Crippen MR) is 135 cm³/mol. The Morgan fingerprint density at radius 2 is 2.00 bits per heavy atom. The molecule has 0 radical (unpaired) electrons. The third-order valence-electron chi connectivity index (χ3n) is 4.58. The number of alkyl halides is 2. The summed E-state index contributed by atoms with van der Waals surface area (Å²) in [5, 5.41) is 13.7. The van der Waals surface area contributed by atoms with Crippen molar-refractivity contribution in [2.75, 3.05) is 0 Å². The number of nitrogens with one attached hydrogen (secondary N) is 1. The summed E-state index contributed by atoms with van der Waals surface area (Å²) in [5.41, 5.74) is 6.35. The number of nitrogens with zero attached hydrogens (tertiary/aromatic N) is 5. The highest BCUT2D eigenvalue weighted by Crippen LogP contribution is 2.32. The number of aliphatic imine (C=N–C) groups is 1. The van der Waals surface area contributed by atoms with Crippen molar-refractivity contribution >= 4 is 50.1 Å². The number of fused-ring (bicyclic) bond motifs is 1. The van der Waals surface area contributed by atoms with E-state index in [-0.39, 0.29) is 16.3 Å². The van der Waals surface area contributed by atoms with Gasteiger partial charge in [-0.2, -0.15) is 23.8 Å². The molecule has 0 saturated carbocycles. The number of halogens is 3. The summed E-state index contributed by atoms with van der Waals surface area (Å²) in [7, 11) is 0. The molecule has 0 aliphatic heterocycles. The van der Waals surface area contributed by atoms with Crippen LogP contribution in [0.2, 0.25) is 0 Å². The average Bonchev–Trinajstić information content (AvgIpc) is 3.49. The molecular formula is C23H22ClF2N7S. The van der Waals surface area contributed by atoms with Crippen molar-refractivity contribution in [3.63, 3.8) is 0 Å². The van der Waals surface area contributed by atoms with Crippen molar-refractivity contribution in [2.24, 2.45) is 10.7 Å². The van der Waals surface area contributed by atoms with Gasteiger partial charge >= 0.3 is 0 Å². The maximum absolute atomic E-state index is 14.7. The van der Waals surface area contributed by atoms with Gasteiger partial charge in [-0.25, -0.2) is 4.99 Å². The number of hydrogen-bond donors (Lipinski definition) is 2. The van der Waals surface area contributed by atoms with E-state index in [9.17, 15) is 8.78 Å². The van der Waals surface area contributed by atoms with Gasteiger partial charge in [0, 0.05) is 41.7 Å². The van der Waals surface area contributed by atoms with Crippen LogP contribution in [0.4, 0.5) is 14.5 Å². The predicted octanol–water partition coefficient (Wildman–Crippen LogP) is 5.76. The van der Waals surface area contributed by atoms with Crippen LogP contribution in [0.15, 0.2) is 94.7 Å². The van der Waals surface area contributed by atoms with Gasteiger partial charge in [0.2, 0.25) is 0 Å². The van der Waals surface area contributed by atoms with E-state index >= 15 is 0 Å². The molecule has 0 aliphatic carbocycles. The smallest absolute Gasteiger partial charge is 0.287 e. The Kier molecular flexibility index (Phi) is 7.75. The fourth-order valence-corrected chi connectivity index (χ4v) is 3.87. The van der Waals surface area contributed by atoms with Gasteiger partial charge < -0.3 is 11.1 Å². The lowest BCUT2D eigenvalue weighted by atomic mass is 10.0. The zero-order valence-electron chi connectivity index (χ0n) is 18.5. The molecular weight excluding hydrogens is 480 g/mol. The van der Waals surface area contributed by atoms with E-state index in [0.717, 1.165) is 17.8 Å². The Morgan fingerprint density at radius 1 is 1.29 bits per heavy atom. The number of aromatic nitrogens is 4. The van der Waals surface area contributed by atoms with E-state index in [0.29, 0.717) is 22.5 Å². The number of rotatable bonds is 9. The standard InChI is InChI=1S/C23H22ClF2N7S/c1-5-16(10-19(24)15(3)33-29-7-8-30-33)31-14(2)18(11-27)22(23(4,25)26)32-20-12-28-13-21-17(20)6-9-34-21/h5-13,31H,2-3,27H2,1,4H3/b16-5+,18-11?,19-10+,32-22?. The molecule has 0 unspecified atom stereocenters. The van der Waals surface area contributed by atoms with E-state index in [4.69, 9.17) is 17.3 Å². The highest BCUT2D eigenvalue weighted by molar-refractivity contribution is 7.17. The molecule has 7 nitrogen and oxygen atoms in total. The van der Waals surface area contributed by atoms with Crippen molar-refractivity contribution in [1.29, 1.82) is 0 Å². The fraction of sp³-hybridized carbons (Fsp3) is 0.130. The molecule has 3 aromatic heterocycles. The highest BCUT2D eigenvalue weighted by atomic mass is 35.5. The Labute approximate surface area is 204 Å². The largest absolute Gasteiger partial charge is 0.404 e. The van der Waals surface area contributed by atoms with Crippen LogP contribution in [0.3, 0.4) is 0 Å². The van der Waals surface area contributed by atoms with E-state index in [1.54, 1.807) is 31.3 Å². The van der Waals surface area contributed by atoms with Gasteiger partial charge in [-0.3, -0.25) is 4.98 Å². The molecule has 0 aliphatic rings. The molecule has 0 saturated heterocycles. The van der Waals surface area contributed by atoms with E-state index in [2.05, 4.69) is 38.6 Å². The molecule has 11 heteroatoms. The first-order chi connectivity index (χ1) is 16.2. The maximum atomic E-state index is 14.7. The summed E-state index contributed by atoms with van der Waals surface area (Å²) in [5.74, 6) is -3.32. The SMILES string of the molecule is C=C(NC(=C/C)/C=C(/Cl)C(=C)n1nccn1)C(=CN)C(=Nc1cncc2sccc12)C(C)(F)F. The third-order valence-corrected chi connectivity index (χ3v) is 5.76. The molecule has 3 heterocycles. The summed E-state index contributed by atoms with van der Waals surface area (Å²) < 4.78 is 30.2. The number of nitrogens with two attached hydrogens (primary N) is 1. The van der Waals surface area contributed by atoms with Crippen molar-refractivity contribution in [3.05, 3.63) is 89.7 Å². The Hall–Kier alpha value is -3.63. The quantitative estimate of drug-likeness (QED) is 0.287. The Bertz CT molecular complexity index is 1330. The molecule has 3 rings (SSSR count). The minimum Gasteiger partial charge on any atom is -0.404 e. The van der Waals surface area contributed by atoms with Crippen LogP contribution >= 0.6 is 22.9 Å². The van der Waals surface area contributed by atoms with Gasteiger partial charge in [0.25, 0.3) is 5.92 Å². The van der Waals surface area contributed by atoms with Crippen LogP contribution in [0.1, 0.15) is 13.8 Å². The molecule has 0 bridgehead atoms. The second-order valence-corrected chi connectivity index (χ2v) is 8.38. The molecule has 3 aromatic rings. The first kappa shape index (κ1) is 25.0. The number of pyridine rings is 1. The molecule has 0 spiro atoms. The zero-order chi connectivity index (χ0) is 24.9. The van der Waals surface area contributed by atoms with Crippen LogP contribution in [-0.2, 0) is 0 Å². The topological polar surface area (TPSA) is 94.0 Å². The minimum absolute atomic E-state index is 0.0591. The van der Waals surface area contributed by atoms with Crippen molar-refractivity contribution in [2.45, 2.75) is 19.8 Å². The number of thiophene rings is 1. The van der Waals surface area contributed by atoms with Gasteiger partial charge in [0.15, 0.2) is 0 Å². The minimum atomic E-state index is -3.32. The van der Waals surface area contributed by atoms with Crippen molar-refractivity contribution in [3.8, 4) is 0 Å². The highest BCUT2D eigenvalue weighted by Gasteiger charge is 2.34. The summed E-state index contributed by atoms with van der Waals surface area (Å²) >= 11 is 7.78. The first-order valence-electron chi connectivity index (χ1n) is 9.92. The molecule has 0 atom stereocenters. The average molecular weight is 502 g/mol. The lowest BCUT2D eigenvalue weighted by Crippen LogP contribution is -2.30.